The molecular weight excluding hydrogens is 302 g/mol. The third kappa shape index (κ3) is 3.62. The molecular formula is C19H27N3O2. The highest BCUT2D eigenvalue weighted by Crippen LogP contribution is 2.30. The lowest BCUT2D eigenvalue weighted by Crippen LogP contribution is -2.34. The van der Waals surface area contributed by atoms with Crippen molar-refractivity contribution in [2.24, 2.45) is 0 Å². The molecule has 0 radical (unpaired) electrons. The van der Waals surface area contributed by atoms with Crippen molar-refractivity contribution < 1.29 is 9.47 Å². The number of fused-ring (bicyclic) bond motifs is 1. The standard InChI is InChI=1S/C19H27N3O2/c1-4-22-12-17-16(14-24-5-2)11-21(13-18(17)20-22)10-15-8-6-7-9-19(15)23-3/h6-9,12,16H,4-5,10-11,13-14H2,1-3H3. The number of benzene rings is 1. The number of methoxy groups -OCH3 is 1. The van der Waals surface area contributed by atoms with Gasteiger partial charge in [-0.25, -0.2) is 0 Å². The Labute approximate surface area is 144 Å². The Morgan fingerprint density at radius 2 is 2.08 bits per heavy atom. The van der Waals surface area contributed by atoms with Gasteiger partial charge in [0, 0.05) is 56.0 Å². The van der Waals surface area contributed by atoms with Crippen LogP contribution in [0.2, 0.25) is 0 Å². The summed E-state index contributed by atoms with van der Waals surface area (Å²) < 4.78 is 13.3. The highest BCUT2D eigenvalue weighted by Gasteiger charge is 2.28. The van der Waals surface area contributed by atoms with Crippen LogP contribution in [0.15, 0.2) is 30.5 Å². The van der Waals surface area contributed by atoms with Gasteiger partial charge in [0.25, 0.3) is 0 Å². The number of aryl methyl sites for hydroxylation is 1. The maximum absolute atomic E-state index is 5.73. The van der Waals surface area contributed by atoms with Gasteiger partial charge in [-0.05, 0) is 19.9 Å². The van der Waals surface area contributed by atoms with E-state index in [4.69, 9.17) is 14.6 Å². The first-order valence-electron chi connectivity index (χ1n) is 8.73. The molecule has 1 unspecified atom stereocenters. The van der Waals surface area contributed by atoms with E-state index in [0.29, 0.717) is 5.92 Å². The quantitative estimate of drug-likeness (QED) is 0.783. The van der Waals surface area contributed by atoms with Gasteiger partial charge >= 0.3 is 0 Å². The predicted octanol–water partition coefficient (Wildman–Crippen LogP) is 3.05. The zero-order valence-corrected chi connectivity index (χ0v) is 14.9. The Morgan fingerprint density at radius 3 is 2.83 bits per heavy atom. The maximum Gasteiger partial charge on any atom is 0.123 e. The van der Waals surface area contributed by atoms with Gasteiger partial charge in [-0.2, -0.15) is 5.10 Å². The molecule has 2 aromatic rings. The lowest BCUT2D eigenvalue weighted by atomic mass is 9.95. The number of hydrogen-bond acceptors (Lipinski definition) is 4. The first-order chi connectivity index (χ1) is 11.7. The van der Waals surface area contributed by atoms with Crippen LogP contribution in [0.25, 0.3) is 0 Å². The van der Waals surface area contributed by atoms with E-state index in [1.807, 2.05) is 23.7 Å². The van der Waals surface area contributed by atoms with Crippen molar-refractivity contribution in [3.05, 3.63) is 47.3 Å². The molecule has 1 aliphatic heterocycles. The third-order valence-corrected chi connectivity index (χ3v) is 4.60. The average molecular weight is 329 g/mol. The molecule has 1 aromatic carbocycles. The van der Waals surface area contributed by atoms with Crippen molar-refractivity contribution in [1.82, 2.24) is 14.7 Å². The van der Waals surface area contributed by atoms with Crippen molar-refractivity contribution in [2.45, 2.75) is 39.4 Å². The minimum Gasteiger partial charge on any atom is -0.496 e. The lowest BCUT2D eigenvalue weighted by molar-refractivity contribution is 0.104. The van der Waals surface area contributed by atoms with E-state index in [2.05, 4.69) is 30.2 Å². The predicted molar refractivity (Wildman–Crippen MR) is 94.2 cm³/mol. The molecule has 0 N–H and O–H groups in total. The molecule has 0 bridgehead atoms. The molecule has 0 aliphatic carbocycles. The normalized spacial score (nSPS) is 17.7. The monoisotopic (exact) mass is 329 g/mol. The lowest BCUT2D eigenvalue weighted by Gasteiger charge is -2.32. The van der Waals surface area contributed by atoms with Gasteiger partial charge in [0.1, 0.15) is 5.75 Å². The number of rotatable bonds is 7. The SMILES string of the molecule is CCOCC1CN(Cc2ccccc2OC)Cc2nn(CC)cc21. The molecule has 2 heterocycles. The summed E-state index contributed by atoms with van der Waals surface area (Å²) in [5.74, 6) is 1.33. The van der Waals surface area contributed by atoms with Gasteiger partial charge in [0.2, 0.25) is 0 Å². The van der Waals surface area contributed by atoms with Crippen molar-refractivity contribution in [3.8, 4) is 5.75 Å². The Kier molecular flexibility index (Phi) is 5.53. The molecule has 0 amide bonds. The number of nitrogens with zero attached hydrogens (tertiary/aromatic N) is 3. The molecule has 5 nitrogen and oxygen atoms in total. The topological polar surface area (TPSA) is 39.5 Å². The van der Waals surface area contributed by atoms with E-state index in [0.717, 1.165) is 45.1 Å². The smallest absolute Gasteiger partial charge is 0.123 e. The van der Waals surface area contributed by atoms with Gasteiger partial charge in [-0.15, -0.1) is 0 Å². The fourth-order valence-electron chi connectivity index (χ4n) is 3.39. The number of ether oxygens (including phenoxy) is 2. The molecule has 0 spiro atoms. The fraction of sp³-hybridized carbons (Fsp3) is 0.526. The zero-order valence-electron chi connectivity index (χ0n) is 14.9. The molecule has 1 aliphatic rings. The van der Waals surface area contributed by atoms with E-state index in [1.165, 1.54) is 16.8 Å². The van der Waals surface area contributed by atoms with Crippen LogP contribution in [-0.2, 0) is 24.4 Å². The van der Waals surface area contributed by atoms with E-state index in [9.17, 15) is 0 Å². The summed E-state index contributed by atoms with van der Waals surface area (Å²) in [5, 5.41) is 4.75. The maximum atomic E-state index is 5.73. The number of aromatic nitrogens is 2. The van der Waals surface area contributed by atoms with E-state index in [-0.39, 0.29) is 0 Å². The molecule has 1 atom stereocenters. The van der Waals surface area contributed by atoms with Crippen molar-refractivity contribution >= 4 is 0 Å². The first kappa shape index (κ1) is 17.0. The summed E-state index contributed by atoms with van der Waals surface area (Å²) in [7, 11) is 1.73. The summed E-state index contributed by atoms with van der Waals surface area (Å²) >= 11 is 0. The van der Waals surface area contributed by atoms with Crippen molar-refractivity contribution in [3.63, 3.8) is 0 Å². The Morgan fingerprint density at radius 1 is 1.25 bits per heavy atom. The van der Waals surface area contributed by atoms with Crippen molar-refractivity contribution in [2.75, 3.05) is 26.9 Å². The van der Waals surface area contributed by atoms with Gasteiger partial charge in [-0.1, -0.05) is 18.2 Å². The molecule has 0 fully saturated rings. The minimum absolute atomic E-state index is 0.378. The van der Waals surface area contributed by atoms with Crippen LogP contribution >= 0.6 is 0 Å². The molecule has 1 aromatic heterocycles. The molecule has 5 heteroatoms. The van der Waals surface area contributed by atoms with Crippen LogP contribution in [0.3, 0.4) is 0 Å². The van der Waals surface area contributed by atoms with Gasteiger partial charge < -0.3 is 9.47 Å². The second-order valence-corrected chi connectivity index (χ2v) is 6.22. The van der Waals surface area contributed by atoms with E-state index in [1.54, 1.807) is 7.11 Å². The molecule has 0 saturated heterocycles. The summed E-state index contributed by atoms with van der Waals surface area (Å²) in [6, 6.07) is 8.24. The summed E-state index contributed by atoms with van der Waals surface area (Å²) in [6.45, 7) is 9.31. The van der Waals surface area contributed by atoms with Gasteiger partial charge in [-0.3, -0.25) is 9.58 Å². The van der Waals surface area contributed by atoms with Crippen LogP contribution in [0, 0.1) is 0 Å². The van der Waals surface area contributed by atoms with Crippen LogP contribution in [-0.4, -0.2) is 41.5 Å². The first-order valence-corrected chi connectivity index (χ1v) is 8.73. The highest BCUT2D eigenvalue weighted by molar-refractivity contribution is 5.34. The van der Waals surface area contributed by atoms with Crippen LogP contribution in [0.5, 0.6) is 5.75 Å². The van der Waals surface area contributed by atoms with Crippen LogP contribution in [0.1, 0.15) is 36.6 Å². The molecule has 130 valence electrons. The molecule has 0 saturated carbocycles. The Balaban J connectivity index is 1.80. The minimum atomic E-state index is 0.378. The van der Waals surface area contributed by atoms with Crippen LogP contribution in [0.4, 0.5) is 0 Å². The Hall–Kier alpha value is -1.85. The van der Waals surface area contributed by atoms with E-state index < -0.39 is 0 Å². The summed E-state index contributed by atoms with van der Waals surface area (Å²) in [4.78, 5) is 2.44. The van der Waals surface area contributed by atoms with Crippen LogP contribution < -0.4 is 4.74 Å². The summed E-state index contributed by atoms with van der Waals surface area (Å²) in [5.41, 5.74) is 3.75. The van der Waals surface area contributed by atoms with Crippen molar-refractivity contribution in [1.29, 1.82) is 0 Å². The second kappa shape index (κ2) is 7.81. The van der Waals surface area contributed by atoms with Gasteiger partial charge in [0.15, 0.2) is 0 Å². The fourth-order valence-corrected chi connectivity index (χ4v) is 3.39. The van der Waals surface area contributed by atoms with Gasteiger partial charge in [0.05, 0.1) is 19.4 Å². The second-order valence-electron chi connectivity index (χ2n) is 6.22. The number of para-hydroxylation sites is 1. The summed E-state index contributed by atoms with van der Waals surface area (Å²) in [6.07, 6.45) is 2.19. The zero-order chi connectivity index (χ0) is 16.9. The number of hydrogen-bond donors (Lipinski definition) is 0. The average Bonchev–Trinajstić information content (AvgIpc) is 3.03. The molecule has 3 rings (SSSR count). The largest absolute Gasteiger partial charge is 0.496 e. The molecule has 24 heavy (non-hydrogen) atoms. The Bertz CT molecular complexity index is 668. The third-order valence-electron chi connectivity index (χ3n) is 4.60. The van der Waals surface area contributed by atoms with E-state index >= 15 is 0 Å². The highest BCUT2D eigenvalue weighted by atomic mass is 16.5.